The molecule has 2 atom stereocenters. The Morgan fingerprint density at radius 2 is 2.08 bits per heavy atom. The molecule has 0 aromatic heterocycles. The monoisotopic (exact) mass is 376 g/mol. The van der Waals surface area contributed by atoms with Crippen molar-refractivity contribution in [1.29, 1.82) is 0 Å². The van der Waals surface area contributed by atoms with Crippen molar-refractivity contribution in [1.82, 2.24) is 0 Å². The number of nitrogens with one attached hydrogen (secondary N) is 1. The fraction of sp³-hybridized carbons (Fsp3) is 0.588. The van der Waals surface area contributed by atoms with Gasteiger partial charge in [-0.3, -0.25) is 4.79 Å². The number of amides is 1. The number of carbonyl (C=O) groups is 1. The number of aliphatic hydroxyl groups excluding tert-OH is 1. The molecule has 0 radical (unpaired) electrons. The molecular formula is C17H26Cl2N2O3. The number of hydrogen-bond acceptors (Lipinski definition) is 4. The molecule has 5 nitrogen and oxygen atoms in total. The zero-order valence-electron chi connectivity index (χ0n) is 13.8. The maximum absolute atomic E-state index is 12.2. The van der Waals surface area contributed by atoms with Crippen LogP contribution in [-0.4, -0.2) is 30.3 Å². The molecule has 1 aliphatic rings. The largest absolute Gasteiger partial charge is 0.495 e. The first-order chi connectivity index (χ1) is 11.0. The van der Waals surface area contributed by atoms with Gasteiger partial charge in [0, 0.05) is 11.1 Å². The van der Waals surface area contributed by atoms with E-state index in [4.69, 9.17) is 22.1 Å². The van der Waals surface area contributed by atoms with Gasteiger partial charge >= 0.3 is 0 Å². The Morgan fingerprint density at radius 3 is 2.71 bits per heavy atom. The standard InChI is InChI=1S/C17H25ClN2O3.ClH/c1-23-15-8-7-12(18)10-14(15)20-17(22)16(21)13(19)9-11-5-3-2-4-6-11;/h7-8,10-11,13,16,21H,2-6,9,19H2,1H3,(H,20,22);1H/t13-,16?;/m1./s1. The number of hydrogen-bond donors (Lipinski definition) is 3. The molecule has 1 unspecified atom stereocenters. The third-order valence-electron chi connectivity index (χ3n) is 4.42. The summed E-state index contributed by atoms with van der Waals surface area (Å²) in [7, 11) is 1.50. The van der Waals surface area contributed by atoms with Crippen LogP contribution in [0.25, 0.3) is 0 Å². The third kappa shape index (κ3) is 5.81. The number of rotatable bonds is 6. The lowest BCUT2D eigenvalue weighted by molar-refractivity contribution is -0.125. The number of ether oxygens (including phenoxy) is 1. The van der Waals surface area contributed by atoms with E-state index in [1.165, 1.54) is 26.4 Å². The highest BCUT2D eigenvalue weighted by Gasteiger charge is 2.27. The molecule has 0 bridgehead atoms. The van der Waals surface area contributed by atoms with Crippen molar-refractivity contribution in [2.45, 2.75) is 50.7 Å². The number of aliphatic hydroxyl groups is 1. The second-order valence-corrected chi connectivity index (χ2v) is 6.62. The molecule has 1 aromatic carbocycles. The number of halogens is 2. The molecule has 1 fully saturated rings. The van der Waals surface area contributed by atoms with Crippen LogP contribution >= 0.6 is 24.0 Å². The molecule has 0 aliphatic heterocycles. The molecule has 2 rings (SSSR count). The van der Waals surface area contributed by atoms with Crippen LogP contribution in [0.15, 0.2) is 18.2 Å². The second-order valence-electron chi connectivity index (χ2n) is 6.18. The van der Waals surface area contributed by atoms with Crippen LogP contribution in [-0.2, 0) is 4.79 Å². The minimum absolute atomic E-state index is 0. The highest BCUT2D eigenvalue weighted by Crippen LogP contribution is 2.29. The fourth-order valence-corrected chi connectivity index (χ4v) is 3.29. The Balaban J connectivity index is 0.00000288. The van der Waals surface area contributed by atoms with Gasteiger partial charge in [-0.15, -0.1) is 12.4 Å². The first-order valence-electron chi connectivity index (χ1n) is 8.09. The first kappa shape index (κ1) is 21.0. The quantitative estimate of drug-likeness (QED) is 0.710. The molecule has 0 saturated heterocycles. The Labute approximate surface area is 154 Å². The van der Waals surface area contributed by atoms with Gasteiger partial charge in [0.15, 0.2) is 0 Å². The molecule has 1 saturated carbocycles. The molecular weight excluding hydrogens is 351 g/mol. The van der Waals surface area contributed by atoms with E-state index in [-0.39, 0.29) is 12.4 Å². The lowest BCUT2D eigenvalue weighted by Crippen LogP contribution is -2.44. The van der Waals surface area contributed by atoms with Gasteiger partial charge in [0.25, 0.3) is 5.91 Å². The average molecular weight is 377 g/mol. The van der Waals surface area contributed by atoms with E-state index in [1.54, 1.807) is 18.2 Å². The Morgan fingerprint density at radius 1 is 1.42 bits per heavy atom. The number of anilines is 1. The van der Waals surface area contributed by atoms with Gasteiger partial charge in [-0.2, -0.15) is 0 Å². The van der Waals surface area contributed by atoms with Crippen LogP contribution in [0.5, 0.6) is 5.75 Å². The average Bonchev–Trinajstić information content (AvgIpc) is 2.55. The van der Waals surface area contributed by atoms with E-state index < -0.39 is 18.1 Å². The highest BCUT2D eigenvalue weighted by molar-refractivity contribution is 6.31. The zero-order chi connectivity index (χ0) is 16.8. The van der Waals surface area contributed by atoms with Crippen molar-refractivity contribution >= 4 is 35.6 Å². The molecule has 1 amide bonds. The van der Waals surface area contributed by atoms with E-state index in [9.17, 15) is 9.90 Å². The number of carbonyl (C=O) groups excluding carboxylic acids is 1. The Kier molecular flexibility index (Phi) is 8.84. The number of methoxy groups -OCH3 is 1. The van der Waals surface area contributed by atoms with Crippen LogP contribution in [0, 0.1) is 5.92 Å². The van der Waals surface area contributed by atoms with Crippen LogP contribution in [0.1, 0.15) is 38.5 Å². The van der Waals surface area contributed by atoms with Crippen molar-refractivity contribution in [3.05, 3.63) is 23.2 Å². The summed E-state index contributed by atoms with van der Waals surface area (Å²) in [4.78, 5) is 12.2. The van der Waals surface area contributed by atoms with E-state index >= 15 is 0 Å². The Bertz CT molecular complexity index is 537. The van der Waals surface area contributed by atoms with Crippen molar-refractivity contribution < 1.29 is 14.6 Å². The molecule has 4 N–H and O–H groups in total. The van der Waals surface area contributed by atoms with Crippen molar-refractivity contribution in [3.8, 4) is 5.75 Å². The zero-order valence-corrected chi connectivity index (χ0v) is 15.4. The maximum Gasteiger partial charge on any atom is 0.254 e. The molecule has 136 valence electrons. The van der Waals surface area contributed by atoms with Gasteiger partial charge in [0.1, 0.15) is 11.9 Å². The summed E-state index contributed by atoms with van der Waals surface area (Å²) in [6.07, 6.45) is 5.36. The minimum Gasteiger partial charge on any atom is -0.495 e. The summed E-state index contributed by atoms with van der Waals surface area (Å²) in [5.74, 6) is 0.451. The topological polar surface area (TPSA) is 84.6 Å². The van der Waals surface area contributed by atoms with Crippen molar-refractivity contribution in [3.63, 3.8) is 0 Å². The smallest absolute Gasteiger partial charge is 0.254 e. The van der Waals surface area contributed by atoms with E-state index in [1.807, 2.05) is 0 Å². The van der Waals surface area contributed by atoms with E-state index in [0.717, 1.165) is 12.8 Å². The van der Waals surface area contributed by atoms with Gasteiger partial charge in [0.05, 0.1) is 12.8 Å². The van der Waals surface area contributed by atoms with Gasteiger partial charge < -0.3 is 20.9 Å². The molecule has 7 heteroatoms. The second kappa shape index (κ2) is 10.1. The van der Waals surface area contributed by atoms with Crippen molar-refractivity contribution in [2.75, 3.05) is 12.4 Å². The third-order valence-corrected chi connectivity index (χ3v) is 4.66. The van der Waals surface area contributed by atoms with Crippen LogP contribution < -0.4 is 15.8 Å². The van der Waals surface area contributed by atoms with Gasteiger partial charge in [-0.1, -0.05) is 43.7 Å². The molecule has 0 spiro atoms. The predicted octanol–water partition coefficient (Wildman–Crippen LogP) is 3.37. The van der Waals surface area contributed by atoms with Crippen LogP contribution in [0.3, 0.4) is 0 Å². The van der Waals surface area contributed by atoms with Crippen LogP contribution in [0.2, 0.25) is 5.02 Å². The van der Waals surface area contributed by atoms with E-state index in [0.29, 0.717) is 28.8 Å². The summed E-state index contributed by atoms with van der Waals surface area (Å²) in [6.45, 7) is 0. The van der Waals surface area contributed by atoms with Gasteiger partial charge in [-0.25, -0.2) is 0 Å². The summed E-state index contributed by atoms with van der Waals surface area (Å²) >= 11 is 5.93. The van der Waals surface area contributed by atoms with Crippen molar-refractivity contribution in [2.24, 2.45) is 11.7 Å². The molecule has 0 heterocycles. The summed E-state index contributed by atoms with van der Waals surface area (Å²) in [5.41, 5.74) is 6.46. The van der Waals surface area contributed by atoms with Crippen LogP contribution in [0.4, 0.5) is 5.69 Å². The van der Waals surface area contributed by atoms with E-state index in [2.05, 4.69) is 5.32 Å². The summed E-state index contributed by atoms with van der Waals surface area (Å²) in [5, 5.41) is 13.3. The lowest BCUT2D eigenvalue weighted by atomic mass is 9.84. The number of nitrogens with two attached hydrogens (primary N) is 1. The fourth-order valence-electron chi connectivity index (χ4n) is 3.12. The Hall–Kier alpha value is -1.01. The maximum atomic E-state index is 12.2. The first-order valence-corrected chi connectivity index (χ1v) is 8.47. The number of benzene rings is 1. The molecule has 1 aromatic rings. The van der Waals surface area contributed by atoms with Gasteiger partial charge in [0.2, 0.25) is 0 Å². The lowest BCUT2D eigenvalue weighted by Gasteiger charge is -2.26. The highest BCUT2D eigenvalue weighted by atomic mass is 35.5. The van der Waals surface area contributed by atoms with Gasteiger partial charge in [-0.05, 0) is 30.5 Å². The molecule has 1 aliphatic carbocycles. The summed E-state index contributed by atoms with van der Waals surface area (Å²) < 4.78 is 5.18. The normalized spacial score (nSPS) is 17.5. The molecule has 24 heavy (non-hydrogen) atoms. The SMILES string of the molecule is COc1ccc(Cl)cc1NC(=O)C(O)[C@H](N)CC1CCCCC1.Cl. The predicted molar refractivity (Wildman–Crippen MR) is 99.1 cm³/mol. The minimum atomic E-state index is -1.25. The summed E-state index contributed by atoms with van der Waals surface area (Å²) in [6, 6.07) is 4.34.